The number of hydrogen-bond acceptors (Lipinski definition) is 3. The Hall–Kier alpha value is -3.41. The van der Waals surface area contributed by atoms with Crippen LogP contribution in [-0.2, 0) is 22.4 Å². The van der Waals surface area contributed by atoms with Crippen LogP contribution >= 0.6 is 0 Å². The van der Waals surface area contributed by atoms with E-state index >= 15 is 0 Å². The molecule has 1 aromatic heterocycles. The van der Waals surface area contributed by atoms with Gasteiger partial charge in [0.05, 0.1) is 24.2 Å². The molecule has 6 nitrogen and oxygen atoms in total. The van der Waals surface area contributed by atoms with Crippen LogP contribution in [0.15, 0.2) is 48.5 Å². The maximum absolute atomic E-state index is 12.6. The summed E-state index contributed by atoms with van der Waals surface area (Å²) in [5, 5.41) is 10.3. The molecular weight excluding hydrogens is 340 g/mol. The molecule has 0 saturated carbocycles. The van der Waals surface area contributed by atoms with E-state index in [1.165, 1.54) is 0 Å². The Morgan fingerprint density at radius 1 is 1.19 bits per heavy atom. The number of rotatable bonds is 4. The zero-order chi connectivity index (χ0) is 19.0. The molecule has 0 spiro atoms. The number of aromatic nitrogens is 2. The standard InChI is InChI=1S/C21H20N4O2/c1-13-18(14(2)25(24-13)17-6-4-3-5-7-17)12-21(27)22-16-8-9-19-15(10-16)11-20(26)23-19/h3-10H,11-12H2,1-2H3,(H,22,27)(H,23,26). The van der Waals surface area contributed by atoms with Gasteiger partial charge in [0.2, 0.25) is 11.8 Å². The zero-order valence-corrected chi connectivity index (χ0v) is 15.2. The minimum absolute atomic E-state index is 0.0203. The fourth-order valence-corrected chi connectivity index (χ4v) is 3.42. The summed E-state index contributed by atoms with van der Waals surface area (Å²) in [5.74, 6) is -0.126. The second-order valence-electron chi connectivity index (χ2n) is 6.72. The molecule has 2 amide bonds. The molecule has 1 aliphatic heterocycles. The van der Waals surface area contributed by atoms with Crippen LogP contribution in [0, 0.1) is 13.8 Å². The van der Waals surface area contributed by atoms with Gasteiger partial charge < -0.3 is 10.6 Å². The summed E-state index contributed by atoms with van der Waals surface area (Å²) in [4.78, 5) is 24.0. The molecule has 0 unspecified atom stereocenters. The second kappa shape index (κ2) is 6.72. The number of aryl methyl sites for hydroxylation is 1. The predicted molar refractivity (Wildman–Crippen MR) is 104 cm³/mol. The van der Waals surface area contributed by atoms with Crippen LogP contribution in [0.1, 0.15) is 22.5 Å². The van der Waals surface area contributed by atoms with Crippen LogP contribution in [-0.4, -0.2) is 21.6 Å². The molecule has 2 heterocycles. The van der Waals surface area contributed by atoms with Crippen molar-refractivity contribution in [2.45, 2.75) is 26.7 Å². The highest BCUT2D eigenvalue weighted by Gasteiger charge is 2.19. The highest BCUT2D eigenvalue weighted by Crippen LogP contribution is 2.26. The molecule has 0 radical (unpaired) electrons. The van der Waals surface area contributed by atoms with Gasteiger partial charge in [-0.15, -0.1) is 0 Å². The van der Waals surface area contributed by atoms with Gasteiger partial charge in [0.25, 0.3) is 0 Å². The number of anilines is 2. The van der Waals surface area contributed by atoms with Crippen molar-refractivity contribution < 1.29 is 9.59 Å². The van der Waals surface area contributed by atoms with Gasteiger partial charge >= 0.3 is 0 Å². The third-order valence-corrected chi connectivity index (χ3v) is 4.79. The lowest BCUT2D eigenvalue weighted by Crippen LogP contribution is -2.15. The van der Waals surface area contributed by atoms with Crippen molar-refractivity contribution in [2.75, 3.05) is 10.6 Å². The number of hydrogen-bond donors (Lipinski definition) is 2. The van der Waals surface area contributed by atoms with E-state index in [9.17, 15) is 9.59 Å². The Morgan fingerprint density at radius 3 is 2.74 bits per heavy atom. The van der Waals surface area contributed by atoms with Gasteiger partial charge in [0.1, 0.15) is 0 Å². The van der Waals surface area contributed by atoms with E-state index in [-0.39, 0.29) is 18.2 Å². The first-order valence-corrected chi connectivity index (χ1v) is 8.84. The predicted octanol–water partition coefficient (Wildman–Crippen LogP) is 3.16. The Balaban J connectivity index is 1.51. The first-order chi connectivity index (χ1) is 13.0. The lowest BCUT2D eigenvalue weighted by Gasteiger charge is -2.08. The van der Waals surface area contributed by atoms with Gasteiger partial charge in [-0.2, -0.15) is 5.10 Å². The molecule has 4 rings (SSSR count). The number of carbonyl (C=O) groups is 2. The van der Waals surface area contributed by atoms with E-state index in [4.69, 9.17) is 0 Å². The van der Waals surface area contributed by atoms with Gasteiger partial charge in [0, 0.05) is 22.6 Å². The molecule has 27 heavy (non-hydrogen) atoms. The normalized spacial score (nSPS) is 12.6. The van der Waals surface area contributed by atoms with E-state index in [1.54, 1.807) is 6.07 Å². The molecule has 2 N–H and O–H groups in total. The molecular formula is C21H20N4O2. The van der Waals surface area contributed by atoms with Gasteiger partial charge in [-0.05, 0) is 49.7 Å². The number of benzene rings is 2. The fourth-order valence-electron chi connectivity index (χ4n) is 3.42. The Kier molecular flexibility index (Phi) is 4.24. The molecule has 6 heteroatoms. The van der Waals surface area contributed by atoms with Crippen LogP contribution < -0.4 is 10.6 Å². The molecule has 3 aromatic rings. The summed E-state index contributed by atoms with van der Waals surface area (Å²) < 4.78 is 1.87. The number of amides is 2. The van der Waals surface area contributed by atoms with Gasteiger partial charge in [-0.3, -0.25) is 9.59 Å². The van der Waals surface area contributed by atoms with Crippen molar-refractivity contribution in [2.24, 2.45) is 0 Å². The van der Waals surface area contributed by atoms with Crippen molar-refractivity contribution in [3.63, 3.8) is 0 Å². The monoisotopic (exact) mass is 360 g/mol. The third-order valence-electron chi connectivity index (χ3n) is 4.79. The smallest absolute Gasteiger partial charge is 0.228 e. The Labute approximate surface area is 157 Å². The van der Waals surface area contributed by atoms with Crippen molar-refractivity contribution in [3.8, 4) is 5.69 Å². The lowest BCUT2D eigenvalue weighted by atomic mass is 10.1. The Bertz CT molecular complexity index is 1040. The van der Waals surface area contributed by atoms with Gasteiger partial charge in [0.15, 0.2) is 0 Å². The average Bonchev–Trinajstić information content (AvgIpc) is 3.15. The Morgan fingerprint density at radius 2 is 1.96 bits per heavy atom. The van der Waals surface area contributed by atoms with Crippen molar-refractivity contribution >= 4 is 23.2 Å². The van der Waals surface area contributed by atoms with Crippen LogP contribution in [0.3, 0.4) is 0 Å². The quantitative estimate of drug-likeness (QED) is 0.750. The molecule has 0 saturated heterocycles. The topological polar surface area (TPSA) is 76.0 Å². The summed E-state index contributed by atoms with van der Waals surface area (Å²) in [7, 11) is 0. The number of para-hydroxylation sites is 1. The van der Waals surface area contributed by atoms with E-state index < -0.39 is 0 Å². The van der Waals surface area contributed by atoms with Crippen LogP contribution in [0.2, 0.25) is 0 Å². The molecule has 0 aliphatic carbocycles. The van der Waals surface area contributed by atoms with Crippen molar-refractivity contribution in [1.82, 2.24) is 9.78 Å². The first-order valence-electron chi connectivity index (χ1n) is 8.84. The first kappa shape index (κ1) is 17.0. The fraction of sp³-hybridized carbons (Fsp3) is 0.190. The molecule has 0 fully saturated rings. The average molecular weight is 360 g/mol. The summed E-state index contributed by atoms with van der Waals surface area (Å²) in [6.07, 6.45) is 0.597. The zero-order valence-electron chi connectivity index (χ0n) is 15.2. The van der Waals surface area contributed by atoms with E-state index in [1.807, 2.05) is 61.0 Å². The van der Waals surface area contributed by atoms with E-state index in [2.05, 4.69) is 15.7 Å². The summed E-state index contributed by atoms with van der Waals surface area (Å²) in [5.41, 5.74) is 6.11. The molecule has 136 valence electrons. The maximum atomic E-state index is 12.6. The van der Waals surface area contributed by atoms with Crippen LogP contribution in [0.4, 0.5) is 11.4 Å². The summed E-state index contributed by atoms with van der Waals surface area (Å²) >= 11 is 0. The molecule has 0 atom stereocenters. The number of nitrogens with one attached hydrogen (secondary N) is 2. The third kappa shape index (κ3) is 3.33. The van der Waals surface area contributed by atoms with Gasteiger partial charge in [-0.25, -0.2) is 4.68 Å². The molecule has 0 bridgehead atoms. The van der Waals surface area contributed by atoms with Crippen LogP contribution in [0.5, 0.6) is 0 Å². The van der Waals surface area contributed by atoms with Gasteiger partial charge in [-0.1, -0.05) is 18.2 Å². The van der Waals surface area contributed by atoms with E-state index in [0.29, 0.717) is 12.1 Å². The number of fused-ring (bicyclic) bond motifs is 1. The second-order valence-corrected chi connectivity index (χ2v) is 6.72. The highest BCUT2D eigenvalue weighted by molar-refractivity contribution is 6.00. The molecule has 1 aliphatic rings. The minimum Gasteiger partial charge on any atom is -0.326 e. The maximum Gasteiger partial charge on any atom is 0.228 e. The minimum atomic E-state index is -0.106. The SMILES string of the molecule is Cc1nn(-c2ccccc2)c(C)c1CC(=O)Nc1ccc2c(c1)CC(=O)N2. The molecule has 2 aromatic carbocycles. The number of nitrogens with zero attached hydrogens (tertiary/aromatic N) is 2. The van der Waals surface area contributed by atoms with E-state index in [0.717, 1.165) is 33.9 Å². The summed E-state index contributed by atoms with van der Waals surface area (Å²) in [6.45, 7) is 3.89. The number of carbonyl (C=O) groups excluding carboxylic acids is 2. The van der Waals surface area contributed by atoms with Crippen LogP contribution in [0.25, 0.3) is 5.69 Å². The lowest BCUT2D eigenvalue weighted by molar-refractivity contribution is -0.116. The summed E-state index contributed by atoms with van der Waals surface area (Å²) in [6, 6.07) is 15.3. The highest BCUT2D eigenvalue weighted by atomic mass is 16.2. The van der Waals surface area contributed by atoms with Crippen molar-refractivity contribution in [1.29, 1.82) is 0 Å². The van der Waals surface area contributed by atoms with Crippen molar-refractivity contribution in [3.05, 3.63) is 71.0 Å². The largest absolute Gasteiger partial charge is 0.326 e.